The van der Waals surface area contributed by atoms with Gasteiger partial charge in [-0.2, -0.15) is 0 Å². The monoisotopic (exact) mass is 348 g/mol. The topological polar surface area (TPSA) is 43.4 Å². The molecule has 134 valence electrons. The maximum atomic E-state index is 5.54. The summed E-state index contributed by atoms with van der Waals surface area (Å²) in [6, 6.07) is 18.5. The smallest absolute Gasteiger partial charge is 0.126 e. The standard InChI is InChI=1S/C22H24N2O2/c1-25-20-6-4-19(5-7-20)21-15-18(3-8-22(21)26-2)16-24-14-11-17-9-12-23-13-10-17/h3-10,12-13,15,24H,11,14,16H2,1-2H3. The van der Waals surface area contributed by atoms with Crippen LogP contribution in [0.3, 0.4) is 0 Å². The fourth-order valence-electron chi connectivity index (χ4n) is 2.88. The Morgan fingerprint density at radius 3 is 2.31 bits per heavy atom. The molecule has 0 fully saturated rings. The molecule has 0 aliphatic rings. The van der Waals surface area contributed by atoms with E-state index in [0.29, 0.717) is 0 Å². The van der Waals surface area contributed by atoms with Crippen molar-refractivity contribution < 1.29 is 9.47 Å². The maximum Gasteiger partial charge on any atom is 0.126 e. The van der Waals surface area contributed by atoms with Crippen molar-refractivity contribution in [2.45, 2.75) is 13.0 Å². The van der Waals surface area contributed by atoms with Gasteiger partial charge in [-0.15, -0.1) is 0 Å². The van der Waals surface area contributed by atoms with Crippen LogP contribution in [0.4, 0.5) is 0 Å². The Bertz CT molecular complexity index is 817. The van der Waals surface area contributed by atoms with Crippen molar-refractivity contribution in [3.8, 4) is 22.6 Å². The van der Waals surface area contributed by atoms with Gasteiger partial charge >= 0.3 is 0 Å². The third-order valence-corrected chi connectivity index (χ3v) is 4.33. The lowest BCUT2D eigenvalue weighted by Gasteiger charge is -2.12. The molecule has 0 atom stereocenters. The first kappa shape index (κ1) is 18.0. The van der Waals surface area contributed by atoms with Crippen LogP contribution in [0.5, 0.6) is 11.5 Å². The van der Waals surface area contributed by atoms with E-state index in [4.69, 9.17) is 9.47 Å². The summed E-state index contributed by atoms with van der Waals surface area (Å²) >= 11 is 0. The van der Waals surface area contributed by atoms with Gasteiger partial charge in [0.15, 0.2) is 0 Å². The van der Waals surface area contributed by atoms with Gasteiger partial charge in [-0.1, -0.05) is 18.2 Å². The molecule has 0 saturated carbocycles. The van der Waals surface area contributed by atoms with Gasteiger partial charge in [-0.25, -0.2) is 0 Å². The molecule has 1 heterocycles. The minimum absolute atomic E-state index is 0.818. The fraction of sp³-hybridized carbons (Fsp3) is 0.227. The summed E-state index contributed by atoms with van der Waals surface area (Å²) in [6.45, 7) is 1.74. The number of pyridine rings is 1. The highest BCUT2D eigenvalue weighted by atomic mass is 16.5. The summed E-state index contributed by atoms with van der Waals surface area (Å²) in [5, 5.41) is 3.50. The molecule has 3 aromatic rings. The molecular formula is C22H24N2O2. The van der Waals surface area contributed by atoms with Crippen LogP contribution in [0.2, 0.25) is 0 Å². The van der Waals surface area contributed by atoms with E-state index in [0.717, 1.165) is 42.1 Å². The maximum absolute atomic E-state index is 5.54. The molecule has 0 amide bonds. The molecule has 26 heavy (non-hydrogen) atoms. The third-order valence-electron chi connectivity index (χ3n) is 4.33. The Morgan fingerprint density at radius 2 is 1.62 bits per heavy atom. The molecule has 0 saturated heterocycles. The second-order valence-electron chi connectivity index (χ2n) is 6.05. The van der Waals surface area contributed by atoms with Crippen LogP contribution in [0, 0.1) is 0 Å². The van der Waals surface area contributed by atoms with Crippen molar-refractivity contribution in [3.05, 3.63) is 78.1 Å². The lowest BCUT2D eigenvalue weighted by Crippen LogP contribution is -2.16. The zero-order valence-electron chi connectivity index (χ0n) is 15.2. The van der Waals surface area contributed by atoms with Gasteiger partial charge in [0.2, 0.25) is 0 Å². The number of benzene rings is 2. The average Bonchev–Trinajstić information content (AvgIpc) is 2.72. The van der Waals surface area contributed by atoms with Gasteiger partial charge in [0.1, 0.15) is 11.5 Å². The Morgan fingerprint density at radius 1 is 0.846 bits per heavy atom. The van der Waals surface area contributed by atoms with E-state index in [1.54, 1.807) is 14.2 Å². The second-order valence-corrected chi connectivity index (χ2v) is 6.05. The first-order valence-electron chi connectivity index (χ1n) is 8.71. The predicted octanol–water partition coefficient (Wildman–Crippen LogP) is 4.10. The number of aromatic nitrogens is 1. The zero-order valence-corrected chi connectivity index (χ0v) is 15.2. The number of hydrogen-bond donors (Lipinski definition) is 1. The predicted molar refractivity (Wildman–Crippen MR) is 105 cm³/mol. The minimum atomic E-state index is 0.818. The van der Waals surface area contributed by atoms with Gasteiger partial charge in [-0.05, 0) is 66.1 Å². The van der Waals surface area contributed by atoms with E-state index in [1.807, 2.05) is 30.6 Å². The lowest BCUT2D eigenvalue weighted by molar-refractivity contribution is 0.414. The summed E-state index contributed by atoms with van der Waals surface area (Å²) in [7, 11) is 3.38. The highest BCUT2D eigenvalue weighted by Crippen LogP contribution is 2.32. The van der Waals surface area contributed by atoms with Crippen molar-refractivity contribution in [1.82, 2.24) is 10.3 Å². The van der Waals surface area contributed by atoms with Gasteiger partial charge in [0, 0.05) is 24.5 Å². The normalized spacial score (nSPS) is 10.5. The van der Waals surface area contributed by atoms with Crippen LogP contribution < -0.4 is 14.8 Å². The molecule has 1 aromatic heterocycles. The van der Waals surface area contributed by atoms with Crippen molar-refractivity contribution in [2.24, 2.45) is 0 Å². The molecule has 2 aromatic carbocycles. The summed E-state index contributed by atoms with van der Waals surface area (Å²) in [5.41, 5.74) is 4.72. The molecule has 0 radical (unpaired) electrons. The Balaban J connectivity index is 1.66. The largest absolute Gasteiger partial charge is 0.497 e. The van der Waals surface area contributed by atoms with Crippen LogP contribution in [-0.2, 0) is 13.0 Å². The van der Waals surface area contributed by atoms with E-state index in [2.05, 4.69) is 46.7 Å². The molecular weight excluding hydrogens is 324 g/mol. The number of rotatable bonds is 8. The van der Waals surface area contributed by atoms with E-state index >= 15 is 0 Å². The molecule has 0 aliphatic heterocycles. The fourth-order valence-corrected chi connectivity index (χ4v) is 2.88. The summed E-state index contributed by atoms with van der Waals surface area (Å²) in [4.78, 5) is 4.05. The van der Waals surface area contributed by atoms with Crippen molar-refractivity contribution >= 4 is 0 Å². The first-order valence-corrected chi connectivity index (χ1v) is 8.71. The Hall–Kier alpha value is -2.85. The van der Waals surface area contributed by atoms with Gasteiger partial charge in [-0.3, -0.25) is 4.98 Å². The number of nitrogens with zero attached hydrogens (tertiary/aromatic N) is 1. The molecule has 0 bridgehead atoms. The molecule has 0 spiro atoms. The van der Waals surface area contributed by atoms with Crippen molar-refractivity contribution in [3.63, 3.8) is 0 Å². The van der Waals surface area contributed by atoms with E-state index in [1.165, 1.54) is 11.1 Å². The molecule has 0 aliphatic carbocycles. The van der Waals surface area contributed by atoms with Crippen molar-refractivity contribution in [1.29, 1.82) is 0 Å². The molecule has 3 rings (SSSR count). The van der Waals surface area contributed by atoms with Crippen LogP contribution in [-0.4, -0.2) is 25.7 Å². The van der Waals surface area contributed by atoms with E-state index in [9.17, 15) is 0 Å². The zero-order chi connectivity index (χ0) is 18.2. The summed E-state index contributed by atoms with van der Waals surface area (Å²) in [5.74, 6) is 1.72. The highest BCUT2D eigenvalue weighted by Gasteiger charge is 2.07. The Labute approximate surface area is 154 Å². The lowest BCUT2D eigenvalue weighted by atomic mass is 10.0. The average molecular weight is 348 g/mol. The van der Waals surface area contributed by atoms with Gasteiger partial charge < -0.3 is 14.8 Å². The van der Waals surface area contributed by atoms with Gasteiger partial charge in [0.25, 0.3) is 0 Å². The molecule has 0 unspecified atom stereocenters. The SMILES string of the molecule is COc1ccc(-c2cc(CNCCc3ccncc3)ccc2OC)cc1. The number of methoxy groups -OCH3 is 2. The van der Waals surface area contributed by atoms with Crippen LogP contribution in [0.25, 0.3) is 11.1 Å². The first-order chi connectivity index (χ1) is 12.8. The number of nitrogens with one attached hydrogen (secondary N) is 1. The Kier molecular flexibility index (Phi) is 6.23. The highest BCUT2D eigenvalue weighted by molar-refractivity contribution is 5.71. The van der Waals surface area contributed by atoms with Crippen LogP contribution >= 0.6 is 0 Å². The van der Waals surface area contributed by atoms with Crippen molar-refractivity contribution in [2.75, 3.05) is 20.8 Å². The second kappa shape index (κ2) is 9.02. The summed E-state index contributed by atoms with van der Waals surface area (Å²) < 4.78 is 10.8. The van der Waals surface area contributed by atoms with Crippen LogP contribution in [0.1, 0.15) is 11.1 Å². The molecule has 4 nitrogen and oxygen atoms in total. The molecule has 4 heteroatoms. The summed E-state index contributed by atoms with van der Waals surface area (Å²) in [6.07, 6.45) is 4.66. The number of hydrogen-bond acceptors (Lipinski definition) is 4. The van der Waals surface area contributed by atoms with E-state index in [-0.39, 0.29) is 0 Å². The van der Waals surface area contributed by atoms with E-state index < -0.39 is 0 Å². The quantitative estimate of drug-likeness (QED) is 0.623. The van der Waals surface area contributed by atoms with Gasteiger partial charge in [0.05, 0.1) is 14.2 Å². The third kappa shape index (κ3) is 4.61. The minimum Gasteiger partial charge on any atom is -0.497 e. The van der Waals surface area contributed by atoms with Crippen LogP contribution in [0.15, 0.2) is 67.0 Å². The molecule has 1 N–H and O–H groups in total. The number of ether oxygens (including phenoxy) is 2.